The van der Waals surface area contributed by atoms with Crippen LogP contribution < -0.4 is 0 Å². The maximum atomic E-state index is 13.7. The molecule has 33 heavy (non-hydrogen) atoms. The number of carbonyl (C=O) groups is 1. The van der Waals surface area contributed by atoms with Gasteiger partial charge in [0.1, 0.15) is 0 Å². The van der Waals surface area contributed by atoms with E-state index >= 15 is 0 Å². The van der Waals surface area contributed by atoms with Crippen LogP contribution in [0.5, 0.6) is 0 Å². The molecule has 0 bridgehead atoms. The molecule has 0 radical (unpaired) electrons. The Morgan fingerprint density at radius 2 is 1.42 bits per heavy atom. The van der Waals surface area contributed by atoms with Gasteiger partial charge in [0.2, 0.25) is 0 Å². The van der Waals surface area contributed by atoms with Gasteiger partial charge in [0, 0.05) is 5.56 Å². The van der Waals surface area contributed by atoms with Gasteiger partial charge in [-0.2, -0.15) is 0 Å². The Morgan fingerprint density at radius 3 is 2.03 bits per heavy atom. The van der Waals surface area contributed by atoms with Gasteiger partial charge in [-0.25, -0.2) is 0 Å². The Balaban J connectivity index is 1.96. The van der Waals surface area contributed by atoms with Crippen molar-refractivity contribution < 1.29 is 4.79 Å². The molecule has 0 fully saturated rings. The molecule has 3 rings (SSSR count). The SMILES string of the molecule is CCCCCN(CCCCC)[C@H](C)C(=O)c1cc(C)c2ccc3cc(C(C)C)ccc3c2c1. The summed E-state index contributed by atoms with van der Waals surface area (Å²) >= 11 is 0. The Labute approximate surface area is 201 Å². The van der Waals surface area contributed by atoms with Gasteiger partial charge < -0.3 is 0 Å². The summed E-state index contributed by atoms with van der Waals surface area (Å²) in [5, 5.41) is 4.94. The van der Waals surface area contributed by atoms with Crippen molar-refractivity contribution in [3.05, 3.63) is 59.2 Å². The third-order valence-corrected chi connectivity index (χ3v) is 7.16. The van der Waals surface area contributed by atoms with Crippen LogP contribution in [0.25, 0.3) is 21.5 Å². The minimum absolute atomic E-state index is 0.0851. The van der Waals surface area contributed by atoms with Gasteiger partial charge >= 0.3 is 0 Å². The lowest BCUT2D eigenvalue weighted by Gasteiger charge is -2.28. The van der Waals surface area contributed by atoms with E-state index in [-0.39, 0.29) is 11.8 Å². The summed E-state index contributed by atoms with van der Waals surface area (Å²) in [6, 6.07) is 15.4. The van der Waals surface area contributed by atoms with Crippen molar-refractivity contribution in [2.45, 2.75) is 92.0 Å². The Kier molecular flexibility index (Phi) is 9.09. The molecule has 0 aliphatic heterocycles. The lowest BCUT2D eigenvalue weighted by atomic mass is 9.92. The molecule has 0 aliphatic carbocycles. The second-order valence-electron chi connectivity index (χ2n) is 10.1. The summed E-state index contributed by atoms with van der Waals surface area (Å²) in [4.78, 5) is 16.1. The van der Waals surface area contributed by atoms with E-state index in [0.29, 0.717) is 5.92 Å². The highest BCUT2D eigenvalue weighted by molar-refractivity contribution is 6.12. The van der Waals surface area contributed by atoms with Gasteiger partial charge in [0.15, 0.2) is 5.78 Å². The Hall–Kier alpha value is -2.19. The molecule has 0 saturated heterocycles. The number of nitrogens with zero attached hydrogens (tertiary/aromatic N) is 1. The molecular weight excluding hydrogens is 402 g/mol. The first kappa shape index (κ1) is 25.4. The smallest absolute Gasteiger partial charge is 0.179 e. The second kappa shape index (κ2) is 11.8. The number of rotatable bonds is 12. The Bertz CT molecular complexity index is 1070. The van der Waals surface area contributed by atoms with Gasteiger partial charge in [-0.3, -0.25) is 9.69 Å². The first-order valence-corrected chi connectivity index (χ1v) is 13.1. The lowest BCUT2D eigenvalue weighted by Crippen LogP contribution is -2.40. The van der Waals surface area contributed by atoms with Crippen molar-refractivity contribution in [3.63, 3.8) is 0 Å². The zero-order valence-corrected chi connectivity index (χ0v) is 21.7. The van der Waals surface area contributed by atoms with Crippen LogP contribution in [-0.2, 0) is 0 Å². The van der Waals surface area contributed by atoms with Gasteiger partial charge in [-0.1, -0.05) is 83.7 Å². The van der Waals surface area contributed by atoms with E-state index in [2.05, 4.69) is 88.9 Å². The number of benzene rings is 3. The van der Waals surface area contributed by atoms with Crippen molar-refractivity contribution in [3.8, 4) is 0 Å². The monoisotopic (exact) mass is 445 g/mol. The number of Topliss-reactive ketones (excluding diaryl/α,β-unsaturated/α-hetero) is 1. The van der Waals surface area contributed by atoms with Crippen molar-refractivity contribution >= 4 is 27.3 Å². The van der Waals surface area contributed by atoms with E-state index < -0.39 is 0 Å². The molecule has 0 aromatic heterocycles. The first-order valence-electron chi connectivity index (χ1n) is 13.1. The average molecular weight is 446 g/mol. The number of fused-ring (bicyclic) bond motifs is 3. The molecule has 1 atom stereocenters. The topological polar surface area (TPSA) is 20.3 Å². The van der Waals surface area contributed by atoms with Crippen molar-refractivity contribution in [1.82, 2.24) is 4.90 Å². The molecule has 2 heteroatoms. The summed E-state index contributed by atoms with van der Waals surface area (Å²) in [5.74, 6) is 0.760. The molecule has 178 valence electrons. The number of unbranched alkanes of at least 4 members (excludes halogenated alkanes) is 4. The minimum Gasteiger partial charge on any atom is -0.294 e. The standard InChI is InChI=1S/C31H43NO/c1-7-9-11-17-32(18-12-10-8-2)24(6)31(33)27-19-23(5)28-15-14-26-20-25(22(3)4)13-16-29(26)30(28)21-27/h13-16,19-22,24H,7-12,17-18H2,1-6H3/t24-/m1/s1. The summed E-state index contributed by atoms with van der Waals surface area (Å²) in [6.07, 6.45) is 7.20. The highest BCUT2D eigenvalue weighted by Crippen LogP contribution is 2.31. The normalized spacial score (nSPS) is 12.8. The molecule has 0 unspecified atom stereocenters. The van der Waals surface area contributed by atoms with Crippen LogP contribution in [0.15, 0.2) is 42.5 Å². The zero-order chi connectivity index (χ0) is 24.0. The molecule has 0 spiro atoms. The van der Waals surface area contributed by atoms with Gasteiger partial charge in [-0.05, 0) is 90.5 Å². The van der Waals surface area contributed by atoms with E-state index in [1.165, 1.54) is 71.2 Å². The third-order valence-electron chi connectivity index (χ3n) is 7.16. The molecule has 3 aromatic rings. The third kappa shape index (κ3) is 6.03. The highest BCUT2D eigenvalue weighted by Gasteiger charge is 2.23. The van der Waals surface area contributed by atoms with Crippen LogP contribution in [0.1, 0.15) is 101 Å². The molecule has 0 saturated carbocycles. The number of hydrogen-bond donors (Lipinski definition) is 0. The molecule has 2 nitrogen and oxygen atoms in total. The molecule has 0 aliphatic rings. The predicted octanol–water partition coefficient (Wildman–Crippen LogP) is 8.68. The fourth-order valence-corrected chi connectivity index (χ4v) is 4.92. The number of aryl methyl sites for hydroxylation is 1. The van der Waals surface area contributed by atoms with Crippen molar-refractivity contribution in [2.75, 3.05) is 13.1 Å². The Morgan fingerprint density at radius 1 is 0.788 bits per heavy atom. The van der Waals surface area contributed by atoms with Crippen LogP contribution >= 0.6 is 0 Å². The first-order chi connectivity index (χ1) is 15.9. The fourth-order valence-electron chi connectivity index (χ4n) is 4.92. The maximum Gasteiger partial charge on any atom is 0.179 e. The fraction of sp³-hybridized carbons (Fsp3) is 0.516. The molecule has 0 amide bonds. The van der Waals surface area contributed by atoms with Gasteiger partial charge in [-0.15, -0.1) is 0 Å². The molecule has 0 N–H and O–H groups in total. The number of carbonyl (C=O) groups excluding carboxylic acids is 1. The molecule has 3 aromatic carbocycles. The zero-order valence-electron chi connectivity index (χ0n) is 21.7. The van der Waals surface area contributed by atoms with Crippen LogP contribution in [0, 0.1) is 6.92 Å². The number of ketones is 1. The maximum absolute atomic E-state index is 13.7. The van der Waals surface area contributed by atoms with Crippen molar-refractivity contribution in [1.29, 1.82) is 0 Å². The van der Waals surface area contributed by atoms with Crippen LogP contribution in [0.4, 0.5) is 0 Å². The van der Waals surface area contributed by atoms with Crippen molar-refractivity contribution in [2.24, 2.45) is 0 Å². The summed E-state index contributed by atoms with van der Waals surface area (Å²) in [5.41, 5.74) is 3.39. The summed E-state index contributed by atoms with van der Waals surface area (Å²) in [6.45, 7) is 15.2. The van der Waals surface area contributed by atoms with E-state index in [0.717, 1.165) is 18.7 Å². The quantitative estimate of drug-likeness (QED) is 0.158. The van der Waals surface area contributed by atoms with Gasteiger partial charge in [0.05, 0.1) is 6.04 Å². The summed E-state index contributed by atoms with van der Waals surface area (Å²) < 4.78 is 0. The lowest BCUT2D eigenvalue weighted by molar-refractivity contribution is 0.0832. The van der Waals surface area contributed by atoms with E-state index in [1.54, 1.807) is 0 Å². The molecular formula is C31H43NO. The van der Waals surface area contributed by atoms with E-state index in [9.17, 15) is 4.79 Å². The van der Waals surface area contributed by atoms with Crippen LogP contribution in [0.2, 0.25) is 0 Å². The van der Waals surface area contributed by atoms with Gasteiger partial charge in [0.25, 0.3) is 0 Å². The largest absolute Gasteiger partial charge is 0.294 e. The van der Waals surface area contributed by atoms with E-state index in [1.807, 2.05) is 0 Å². The minimum atomic E-state index is -0.0851. The van der Waals surface area contributed by atoms with Crippen LogP contribution in [-0.4, -0.2) is 29.8 Å². The number of hydrogen-bond acceptors (Lipinski definition) is 2. The van der Waals surface area contributed by atoms with Crippen LogP contribution in [0.3, 0.4) is 0 Å². The molecule has 0 heterocycles. The van der Waals surface area contributed by atoms with E-state index in [4.69, 9.17) is 0 Å². The second-order valence-corrected chi connectivity index (χ2v) is 10.1. The average Bonchev–Trinajstić information content (AvgIpc) is 2.81. The summed E-state index contributed by atoms with van der Waals surface area (Å²) in [7, 11) is 0. The predicted molar refractivity (Wildman–Crippen MR) is 145 cm³/mol. The highest BCUT2D eigenvalue weighted by atomic mass is 16.1.